The lowest BCUT2D eigenvalue weighted by atomic mass is 10.0. The van der Waals surface area contributed by atoms with Gasteiger partial charge < -0.3 is 44.7 Å². The second-order valence-corrected chi connectivity index (χ2v) is 20.3. The molecule has 9 rings (SSSR count). The molecule has 0 aliphatic carbocycles. The molecule has 4 atom stereocenters. The lowest BCUT2D eigenvalue weighted by molar-refractivity contribution is -0.137. The van der Waals surface area contributed by atoms with Crippen LogP contribution < -0.4 is 34.9 Å². The number of ether oxygens (including phenoxy) is 4. The predicted molar refractivity (Wildman–Crippen MR) is 302 cm³/mol. The molecule has 414 valence electrons. The summed E-state index contributed by atoms with van der Waals surface area (Å²) in [6.07, 6.45) is 17.2. The Kier molecular flexibility index (Phi) is 17.5. The van der Waals surface area contributed by atoms with Gasteiger partial charge in [-0.25, -0.2) is 0 Å². The van der Waals surface area contributed by atoms with Crippen LogP contribution in [-0.4, -0.2) is 127 Å². The van der Waals surface area contributed by atoms with Crippen LogP contribution in [0.15, 0.2) is 125 Å². The number of benzene rings is 4. The largest absolute Gasteiger partial charge is 0.493 e. The molecule has 19 nitrogen and oxygen atoms in total. The van der Waals surface area contributed by atoms with Crippen molar-refractivity contribution >= 4 is 82.5 Å². The van der Waals surface area contributed by atoms with Crippen LogP contribution >= 0.6 is 0 Å². The Hall–Kier alpha value is -9.13. The molecular formula is C61H64N8O11. The minimum Gasteiger partial charge on any atom is -0.493 e. The van der Waals surface area contributed by atoms with Gasteiger partial charge in [-0.2, -0.15) is 0 Å². The number of rotatable bonds is 23. The second-order valence-electron chi connectivity index (χ2n) is 20.3. The van der Waals surface area contributed by atoms with E-state index in [1.165, 1.54) is 26.4 Å². The maximum Gasteiger partial charge on any atom is 0.260 e. The van der Waals surface area contributed by atoms with Gasteiger partial charge in [0.05, 0.1) is 62.0 Å². The summed E-state index contributed by atoms with van der Waals surface area (Å²) in [5, 5.41) is 8.34. The van der Waals surface area contributed by atoms with Crippen molar-refractivity contribution in [2.24, 2.45) is 15.9 Å². The van der Waals surface area contributed by atoms with Crippen molar-refractivity contribution in [2.75, 3.05) is 39.3 Å². The van der Waals surface area contributed by atoms with Gasteiger partial charge in [-0.15, -0.1) is 0 Å². The molecule has 4 aromatic rings. The van der Waals surface area contributed by atoms with E-state index in [1.807, 2.05) is 67.0 Å². The summed E-state index contributed by atoms with van der Waals surface area (Å²) in [5.41, 5.74) is 6.04. The molecule has 4 aromatic carbocycles. The summed E-state index contributed by atoms with van der Waals surface area (Å²) < 4.78 is 23.7. The van der Waals surface area contributed by atoms with E-state index >= 15 is 0 Å². The summed E-state index contributed by atoms with van der Waals surface area (Å²) in [6, 6.07) is 21.6. The fourth-order valence-corrected chi connectivity index (χ4v) is 9.83. The van der Waals surface area contributed by atoms with E-state index in [2.05, 4.69) is 16.0 Å². The zero-order chi connectivity index (χ0) is 56.5. The van der Waals surface area contributed by atoms with Crippen molar-refractivity contribution in [2.45, 2.75) is 89.9 Å². The highest BCUT2D eigenvalue weighted by molar-refractivity contribution is 6.13. The van der Waals surface area contributed by atoms with Gasteiger partial charge in [0.15, 0.2) is 23.0 Å². The number of fused-ring (bicyclic) bond motifs is 4. The molecule has 5 aliphatic rings. The van der Waals surface area contributed by atoms with Crippen LogP contribution in [0, 0.1) is 5.92 Å². The first-order valence-corrected chi connectivity index (χ1v) is 26.8. The first-order valence-electron chi connectivity index (χ1n) is 26.8. The monoisotopic (exact) mass is 1080 g/mol. The summed E-state index contributed by atoms with van der Waals surface area (Å²) >= 11 is 0. The number of carbonyl (C=O) groups excluding carboxylic acids is 7. The molecule has 5 heterocycles. The van der Waals surface area contributed by atoms with Crippen molar-refractivity contribution < 1.29 is 52.5 Å². The topological polar surface area (TPSA) is 227 Å². The molecule has 80 heavy (non-hydrogen) atoms. The zero-order valence-electron chi connectivity index (χ0n) is 45.3. The van der Waals surface area contributed by atoms with E-state index in [0.29, 0.717) is 89.7 Å². The highest BCUT2D eigenvalue weighted by Gasteiger charge is 2.35. The highest BCUT2D eigenvalue weighted by Crippen LogP contribution is 2.41. The van der Waals surface area contributed by atoms with Gasteiger partial charge in [-0.05, 0) is 78.6 Å². The van der Waals surface area contributed by atoms with Crippen LogP contribution in [0.25, 0.3) is 11.6 Å². The molecule has 0 aromatic heterocycles. The van der Waals surface area contributed by atoms with Crippen molar-refractivity contribution in [1.29, 1.82) is 0 Å². The Morgan fingerprint density at radius 3 is 1.86 bits per heavy atom. The number of unbranched alkanes of at least 4 members (excludes halogenated alkanes) is 2. The molecule has 3 N–H and O–H groups in total. The number of amides is 7. The summed E-state index contributed by atoms with van der Waals surface area (Å²) in [5.74, 6) is -0.987. The van der Waals surface area contributed by atoms with Crippen LogP contribution in [-0.2, 0) is 24.0 Å². The number of carbonyl (C=O) groups is 7. The SMILES string of the molecule is COc1cc2c(cc1OCCCOc1cc3c(cc1OC)C(=O)N1C=C(c4ccc(NC(=O)C(C)NC(=O)[C@@H](NC(=O)CCCCCN5C(=O)C=CC5=O)C(C)C)cc4)C[C@H]1C=N3)N=C[C@@H]1CC(/C=C/c3ccccc3)=CN1C2=O. The van der Waals surface area contributed by atoms with Gasteiger partial charge in [0.2, 0.25) is 17.7 Å². The zero-order valence-corrected chi connectivity index (χ0v) is 45.3. The summed E-state index contributed by atoms with van der Waals surface area (Å²) in [4.78, 5) is 105. The molecule has 1 unspecified atom stereocenters. The minimum absolute atomic E-state index is 0.163. The average molecular weight is 1090 g/mol. The van der Waals surface area contributed by atoms with Gasteiger partial charge >= 0.3 is 0 Å². The number of imide groups is 1. The number of methoxy groups -OCH3 is 2. The molecule has 0 fully saturated rings. The van der Waals surface area contributed by atoms with Crippen LogP contribution in [0.4, 0.5) is 17.1 Å². The van der Waals surface area contributed by atoms with Crippen molar-refractivity contribution in [3.05, 3.63) is 137 Å². The van der Waals surface area contributed by atoms with E-state index < -0.39 is 23.9 Å². The molecule has 0 spiro atoms. The van der Waals surface area contributed by atoms with E-state index in [4.69, 9.17) is 28.9 Å². The minimum atomic E-state index is -0.925. The number of hydrogen-bond donors (Lipinski definition) is 3. The summed E-state index contributed by atoms with van der Waals surface area (Å²) in [6.45, 7) is 5.95. The molecule has 0 saturated heterocycles. The third kappa shape index (κ3) is 12.9. The third-order valence-corrected chi connectivity index (χ3v) is 14.3. The van der Waals surface area contributed by atoms with Gasteiger partial charge in [0.25, 0.3) is 23.6 Å². The smallest absolute Gasteiger partial charge is 0.260 e. The lowest BCUT2D eigenvalue weighted by Crippen LogP contribution is -2.53. The highest BCUT2D eigenvalue weighted by atomic mass is 16.5. The first kappa shape index (κ1) is 55.6. The fourth-order valence-electron chi connectivity index (χ4n) is 9.83. The Morgan fingerprint density at radius 2 is 1.26 bits per heavy atom. The number of nitrogens with one attached hydrogen (secondary N) is 3. The Morgan fingerprint density at radius 1 is 0.662 bits per heavy atom. The fraction of sp³-hybridized carbons (Fsp3) is 0.328. The molecule has 19 heteroatoms. The van der Waals surface area contributed by atoms with E-state index in [1.54, 1.807) is 79.4 Å². The number of nitrogens with zero attached hydrogens (tertiary/aromatic N) is 5. The van der Waals surface area contributed by atoms with E-state index in [9.17, 15) is 33.6 Å². The predicted octanol–water partition coefficient (Wildman–Crippen LogP) is 8.12. The number of hydrogen-bond acceptors (Lipinski definition) is 13. The van der Waals surface area contributed by atoms with E-state index in [0.717, 1.165) is 27.2 Å². The maximum atomic E-state index is 14.1. The standard InChI is InChI=1S/C61H64N8O11/c1-37(2)57(66-54(70)15-10-7-11-24-67-55(71)22-23-56(67)72)59(74)64-38(3)58(73)65-43-20-18-41(19-21-43)42-28-45-34-63-49-32-53(51(78-5)30-47(49)61(76)69(45)36-42)80-26-12-25-79-52-31-48-46(29-50(52)77-4)60(75)68-35-40(27-44(68)33-62-48)17-16-39-13-8-6-9-14-39/h6,8-9,13-14,16-23,29-38,44-45,57H,7,10-12,15,24-28H2,1-5H3,(H,64,74)(H,65,73)(H,66,70)/b17-16+/t38?,44-,45-,57-/m0/s1. The lowest BCUT2D eigenvalue weighted by Gasteiger charge is -2.24. The van der Waals surface area contributed by atoms with Crippen LogP contribution in [0.5, 0.6) is 23.0 Å². The molecule has 0 bridgehead atoms. The quantitative estimate of drug-likeness (QED) is 0.0475. The van der Waals surface area contributed by atoms with E-state index in [-0.39, 0.29) is 73.7 Å². The van der Waals surface area contributed by atoms with Crippen molar-refractivity contribution in [3.63, 3.8) is 0 Å². The summed E-state index contributed by atoms with van der Waals surface area (Å²) in [7, 11) is 3.03. The van der Waals surface area contributed by atoms with Gasteiger partial charge in [-0.3, -0.25) is 48.4 Å². The second kappa shape index (κ2) is 25.1. The molecule has 0 radical (unpaired) electrons. The van der Waals surface area contributed by atoms with Crippen LogP contribution in [0.2, 0.25) is 0 Å². The number of anilines is 1. The molecule has 5 aliphatic heterocycles. The van der Waals surface area contributed by atoms with Crippen LogP contribution in [0.1, 0.15) is 97.6 Å². The normalized spacial score (nSPS) is 17.8. The number of aliphatic imine (C=N–C) groups is 2. The molecule has 7 amide bonds. The third-order valence-electron chi connectivity index (χ3n) is 14.3. The van der Waals surface area contributed by atoms with Crippen LogP contribution in [0.3, 0.4) is 0 Å². The van der Waals surface area contributed by atoms with Gasteiger partial charge in [0.1, 0.15) is 12.1 Å². The Balaban J connectivity index is 0.736. The Bertz CT molecular complexity index is 3240. The van der Waals surface area contributed by atoms with Gasteiger partial charge in [0, 0.05) is 80.6 Å². The van der Waals surface area contributed by atoms with Gasteiger partial charge in [-0.1, -0.05) is 74.9 Å². The maximum absolute atomic E-state index is 14.1. The van der Waals surface area contributed by atoms with Crippen molar-refractivity contribution in [1.82, 2.24) is 25.3 Å². The van der Waals surface area contributed by atoms with Crippen molar-refractivity contribution in [3.8, 4) is 23.0 Å². The molecule has 0 saturated carbocycles. The molecular weight excluding hydrogens is 1020 g/mol. The first-order chi connectivity index (χ1) is 38.7. The Labute approximate surface area is 464 Å². The number of allylic oxidation sites excluding steroid dienone is 1. The average Bonchev–Trinajstić information content (AvgIpc) is 4.15.